The van der Waals surface area contributed by atoms with Gasteiger partial charge in [0.15, 0.2) is 23.0 Å². The standard InChI is InChI=1S/C22H20F5N5O/c23-15-3-1-2-14(20(15)24)12-30-6-8-31(9-7-30)21(33)17-11-19-28-16(13-4-5-13)10-18(22(25,26)27)32(19)29-17/h1-3,10-11,13H,4-9,12H2. The van der Waals surface area contributed by atoms with Gasteiger partial charge in [-0.05, 0) is 25.0 Å². The molecule has 1 saturated carbocycles. The Morgan fingerprint density at radius 1 is 1.06 bits per heavy atom. The van der Waals surface area contributed by atoms with Crippen molar-refractivity contribution >= 4 is 11.6 Å². The lowest BCUT2D eigenvalue weighted by atomic mass is 10.1. The third-order valence-corrected chi connectivity index (χ3v) is 6.04. The minimum Gasteiger partial charge on any atom is -0.335 e. The first-order valence-corrected chi connectivity index (χ1v) is 10.6. The van der Waals surface area contributed by atoms with E-state index in [9.17, 15) is 26.7 Å². The van der Waals surface area contributed by atoms with Crippen molar-refractivity contribution < 1.29 is 26.7 Å². The van der Waals surface area contributed by atoms with E-state index in [-0.39, 0.29) is 42.5 Å². The summed E-state index contributed by atoms with van der Waals surface area (Å²) in [4.78, 5) is 20.6. The van der Waals surface area contributed by atoms with Gasteiger partial charge in [0.05, 0.1) is 0 Å². The predicted molar refractivity (Wildman–Crippen MR) is 108 cm³/mol. The first kappa shape index (κ1) is 21.7. The molecule has 1 aromatic carbocycles. The fraction of sp³-hybridized carbons (Fsp3) is 0.409. The number of nitrogens with zero attached hydrogens (tertiary/aromatic N) is 5. The molecule has 0 N–H and O–H groups in total. The molecule has 3 heterocycles. The number of piperazine rings is 1. The average Bonchev–Trinajstić information content (AvgIpc) is 3.54. The minimum atomic E-state index is -4.63. The van der Waals surface area contributed by atoms with Crippen LogP contribution in [-0.4, -0.2) is 56.5 Å². The van der Waals surface area contributed by atoms with E-state index < -0.39 is 29.4 Å². The third-order valence-electron chi connectivity index (χ3n) is 6.04. The molecule has 2 aliphatic rings. The monoisotopic (exact) mass is 465 g/mol. The SMILES string of the molecule is O=C(c1cc2nc(C3CC3)cc(C(F)(F)F)n2n1)N1CCN(Cc2cccc(F)c2F)CC1. The van der Waals surface area contributed by atoms with E-state index in [4.69, 9.17) is 0 Å². The largest absolute Gasteiger partial charge is 0.433 e. The van der Waals surface area contributed by atoms with Gasteiger partial charge in [-0.1, -0.05) is 12.1 Å². The van der Waals surface area contributed by atoms with Crippen LogP contribution in [0.2, 0.25) is 0 Å². The van der Waals surface area contributed by atoms with E-state index in [1.54, 1.807) is 0 Å². The van der Waals surface area contributed by atoms with Gasteiger partial charge >= 0.3 is 6.18 Å². The highest BCUT2D eigenvalue weighted by atomic mass is 19.4. The van der Waals surface area contributed by atoms with Gasteiger partial charge in [-0.2, -0.15) is 18.3 Å². The van der Waals surface area contributed by atoms with Crippen LogP contribution in [-0.2, 0) is 12.7 Å². The maximum Gasteiger partial charge on any atom is 0.433 e. The first-order valence-electron chi connectivity index (χ1n) is 10.6. The van der Waals surface area contributed by atoms with Crippen molar-refractivity contribution in [3.63, 3.8) is 0 Å². The van der Waals surface area contributed by atoms with Crippen molar-refractivity contribution in [2.45, 2.75) is 31.5 Å². The molecule has 3 aromatic rings. The fourth-order valence-corrected chi connectivity index (χ4v) is 4.07. The second-order valence-corrected chi connectivity index (χ2v) is 8.42. The van der Waals surface area contributed by atoms with Crippen molar-refractivity contribution in [2.75, 3.05) is 26.2 Å². The number of hydrogen-bond donors (Lipinski definition) is 0. The minimum absolute atomic E-state index is 0.00436. The molecule has 33 heavy (non-hydrogen) atoms. The lowest BCUT2D eigenvalue weighted by Gasteiger charge is -2.34. The lowest BCUT2D eigenvalue weighted by Crippen LogP contribution is -2.48. The zero-order chi connectivity index (χ0) is 23.3. The van der Waals surface area contributed by atoms with Crippen LogP contribution >= 0.6 is 0 Å². The van der Waals surface area contributed by atoms with Crippen LogP contribution in [0.5, 0.6) is 0 Å². The van der Waals surface area contributed by atoms with Gasteiger partial charge in [0, 0.05) is 56.0 Å². The summed E-state index contributed by atoms with van der Waals surface area (Å²) in [6.07, 6.45) is -3.04. The molecule has 6 nitrogen and oxygen atoms in total. The van der Waals surface area contributed by atoms with Crippen molar-refractivity contribution in [1.82, 2.24) is 24.4 Å². The Hall–Kier alpha value is -3.08. The lowest BCUT2D eigenvalue weighted by molar-refractivity contribution is -0.142. The van der Waals surface area contributed by atoms with E-state index in [1.807, 2.05) is 4.90 Å². The molecule has 0 spiro atoms. The molecule has 174 valence electrons. The van der Waals surface area contributed by atoms with Crippen molar-refractivity contribution in [2.24, 2.45) is 0 Å². The van der Waals surface area contributed by atoms with E-state index >= 15 is 0 Å². The quantitative estimate of drug-likeness (QED) is 0.550. The number of amides is 1. The highest BCUT2D eigenvalue weighted by Gasteiger charge is 2.38. The summed E-state index contributed by atoms with van der Waals surface area (Å²) in [5.41, 5.74) is -0.462. The number of hydrogen-bond acceptors (Lipinski definition) is 4. The Kier molecular flexibility index (Phi) is 5.31. The number of carbonyl (C=O) groups excluding carboxylic acids is 1. The summed E-state index contributed by atoms with van der Waals surface area (Å²) >= 11 is 0. The van der Waals surface area contributed by atoms with Crippen LogP contribution < -0.4 is 0 Å². The van der Waals surface area contributed by atoms with Crippen LogP contribution in [0.1, 0.15) is 46.2 Å². The summed E-state index contributed by atoms with van der Waals surface area (Å²) < 4.78 is 68.8. The maximum atomic E-state index is 13.9. The van der Waals surface area contributed by atoms with Crippen LogP contribution in [0, 0.1) is 11.6 Å². The molecule has 5 rings (SSSR count). The molecule has 1 saturated heterocycles. The second kappa shape index (κ2) is 8.05. The first-order chi connectivity index (χ1) is 15.7. The van der Waals surface area contributed by atoms with Crippen molar-refractivity contribution in [3.8, 4) is 0 Å². The van der Waals surface area contributed by atoms with Crippen LogP contribution in [0.3, 0.4) is 0 Å². The number of fused-ring (bicyclic) bond motifs is 1. The third kappa shape index (κ3) is 4.29. The molecule has 1 aliphatic heterocycles. The Morgan fingerprint density at radius 2 is 1.79 bits per heavy atom. The van der Waals surface area contributed by atoms with Gasteiger partial charge < -0.3 is 4.90 Å². The topological polar surface area (TPSA) is 53.7 Å². The van der Waals surface area contributed by atoms with Gasteiger partial charge in [-0.3, -0.25) is 9.69 Å². The van der Waals surface area contributed by atoms with Gasteiger partial charge in [-0.25, -0.2) is 18.3 Å². The van der Waals surface area contributed by atoms with Crippen LogP contribution in [0.15, 0.2) is 30.3 Å². The molecule has 0 bridgehead atoms. The van der Waals surface area contributed by atoms with Crippen molar-refractivity contribution in [1.29, 1.82) is 0 Å². The molecule has 11 heteroatoms. The molecule has 1 amide bonds. The number of halogens is 5. The van der Waals surface area contributed by atoms with Gasteiger partial charge in [0.25, 0.3) is 5.91 Å². The molecule has 2 aromatic heterocycles. The van der Waals surface area contributed by atoms with Gasteiger partial charge in [-0.15, -0.1) is 0 Å². The number of aromatic nitrogens is 3. The smallest absolute Gasteiger partial charge is 0.335 e. The summed E-state index contributed by atoms with van der Waals surface area (Å²) in [6, 6.07) is 6.30. The summed E-state index contributed by atoms with van der Waals surface area (Å²) in [7, 11) is 0. The zero-order valence-corrected chi connectivity index (χ0v) is 17.4. The number of benzene rings is 1. The normalized spacial score (nSPS) is 17.7. The summed E-state index contributed by atoms with van der Waals surface area (Å²) in [6.45, 7) is 1.59. The maximum absolute atomic E-state index is 13.9. The van der Waals surface area contributed by atoms with E-state index in [1.165, 1.54) is 23.1 Å². The Morgan fingerprint density at radius 3 is 2.45 bits per heavy atom. The number of carbonyl (C=O) groups is 1. The number of alkyl halides is 3. The Balaban J connectivity index is 1.32. The van der Waals surface area contributed by atoms with Crippen LogP contribution in [0.4, 0.5) is 22.0 Å². The molecule has 0 atom stereocenters. The highest BCUT2D eigenvalue weighted by Crippen LogP contribution is 2.41. The van der Waals surface area contributed by atoms with Crippen LogP contribution in [0.25, 0.3) is 5.65 Å². The fourth-order valence-electron chi connectivity index (χ4n) is 4.07. The molecular weight excluding hydrogens is 445 g/mol. The predicted octanol–water partition coefficient (Wildman–Crippen LogP) is 3.86. The second-order valence-electron chi connectivity index (χ2n) is 8.42. The Bertz CT molecular complexity index is 1210. The Labute approximate surface area is 185 Å². The van der Waals surface area contributed by atoms with E-state index in [0.717, 1.165) is 25.0 Å². The van der Waals surface area contributed by atoms with Crippen molar-refractivity contribution in [3.05, 3.63) is 64.6 Å². The molecule has 0 unspecified atom stereocenters. The summed E-state index contributed by atoms with van der Waals surface area (Å²) in [5, 5.41) is 3.92. The molecule has 0 radical (unpaired) electrons. The highest BCUT2D eigenvalue weighted by molar-refractivity contribution is 5.93. The van der Waals surface area contributed by atoms with Gasteiger partial charge in [0.1, 0.15) is 5.69 Å². The number of rotatable bonds is 4. The molecular formula is C22H20F5N5O. The van der Waals surface area contributed by atoms with E-state index in [2.05, 4.69) is 10.1 Å². The van der Waals surface area contributed by atoms with Gasteiger partial charge in [0.2, 0.25) is 0 Å². The average molecular weight is 465 g/mol. The van der Waals surface area contributed by atoms with E-state index in [0.29, 0.717) is 23.3 Å². The summed E-state index contributed by atoms with van der Waals surface area (Å²) in [5.74, 6) is -2.27. The molecule has 2 fully saturated rings. The molecule has 1 aliphatic carbocycles. The zero-order valence-electron chi connectivity index (χ0n) is 17.4.